The molecule has 1 aliphatic rings. The Bertz CT molecular complexity index is 795. The number of amides is 2. The Kier molecular flexibility index (Phi) is 9.88. The molecular weight excluding hydrogens is 418 g/mol. The maximum Gasteiger partial charge on any atom is 0.238 e. The Balaban J connectivity index is 0.00000210. The lowest BCUT2D eigenvalue weighted by Gasteiger charge is -2.34. The van der Waals surface area contributed by atoms with Gasteiger partial charge >= 0.3 is 0 Å². The quantitative estimate of drug-likeness (QED) is 0.697. The lowest BCUT2D eigenvalue weighted by Crippen LogP contribution is -2.50. The van der Waals surface area contributed by atoms with Crippen LogP contribution in [0.3, 0.4) is 0 Å². The van der Waals surface area contributed by atoms with E-state index in [4.69, 9.17) is 5.73 Å². The lowest BCUT2D eigenvalue weighted by atomic mass is 10.1. The van der Waals surface area contributed by atoms with Gasteiger partial charge in [-0.15, -0.1) is 24.8 Å². The van der Waals surface area contributed by atoms with Crippen LogP contribution in [0.25, 0.3) is 0 Å². The normalized spacial score (nSPS) is 13.8. The molecule has 1 heterocycles. The van der Waals surface area contributed by atoms with Crippen molar-refractivity contribution < 1.29 is 14.0 Å². The molecule has 0 unspecified atom stereocenters. The number of piperazine rings is 1. The number of nitrogen functional groups attached to an aromatic ring is 1. The Morgan fingerprint density at radius 1 is 0.931 bits per heavy atom. The minimum atomic E-state index is -0.340. The van der Waals surface area contributed by atoms with E-state index in [2.05, 4.69) is 5.32 Å². The molecule has 0 radical (unpaired) electrons. The Hall–Kier alpha value is -2.35. The highest BCUT2D eigenvalue weighted by atomic mass is 35.5. The summed E-state index contributed by atoms with van der Waals surface area (Å²) in [6, 6.07) is 13.0. The highest BCUT2D eigenvalue weighted by Crippen LogP contribution is 2.11. The van der Waals surface area contributed by atoms with Gasteiger partial charge in [0.25, 0.3) is 0 Å². The van der Waals surface area contributed by atoms with Crippen molar-refractivity contribution >= 4 is 48.0 Å². The highest BCUT2D eigenvalue weighted by molar-refractivity contribution is 5.92. The second kappa shape index (κ2) is 11.6. The number of carbonyl (C=O) groups is 2. The molecular formula is C20H25Cl2FN4O2. The first-order valence-electron chi connectivity index (χ1n) is 8.89. The van der Waals surface area contributed by atoms with E-state index >= 15 is 0 Å². The van der Waals surface area contributed by atoms with E-state index in [0.29, 0.717) is 44.0 Å². The number of benzene rings is 2. The first-order valence-corrected chi connectivity index (χ1v) is 8.89. The van der Waals surface area contributed by atoms with E-state index in [1.54, 1.807) is 12.1 Å². The minimum absolute atomic E-state index is 0. The molecule has 6 nitrogen and oxygen atoms in total. The van der Waals surface area contributed by atoms with Crippen LogP contribution in [-0.2, 0) is 16.0 Å². The molecule has 0 bridgehead atoms. The average molecular weight is 443 g/mol. The van der Waals surface area contributed by atoms with E-state index < -0.39 is 0 Å². The molecule has 9 heteroatoms. The summed E-state index contributed by atoms with van der Waals surface area (Å²) in [6.45, 7) is 2.72. The van der Waals surface area contributed by atoms with Gasteiger partial charge in [0.2, 0.25) is 11.8 Å². The monoisotopic (exact) mass is 442 g/mol. The van der Waals surface area contributed by atoms with Gasteiger partial charge in [-0.1, -0.05) is 12.1 Å². The van der Waals surface area contributed by atoms with E-state index in [9.17, 15) is 14.0 Å². The summed E-state index contributed by atoms with van der Waals surface area (Å²) in [5.41, 5.74) is 7.85. The Morgan fingerprint density at radius 3 is 2.10 bits per heavy atom. The largest absolute Gasteiger partial charge is 0.399 e. The zero-order valence-electron chi connectivity index (χ0n) is 15.8. The number of nitrogens with one attached hydrogen (secondary N) is 1. The third kappa shape index (κ3) is 7.53. The van der Waals surface area contributed by atoms with Gasteiger partial charge in [0.1, 0.15) is 5.82 Å². The molecule has 3 rings (SSSR count). The summed E-state index contributed by atoms with van der Waals surface area (Å²) < 4.78 is 12.9. The van der Waals surface area contributed by atoms with Gasteiger partial charge < -0.3 is 16.0 Å². The molecule has 1 aliphatic heterocycles. The predicted octanol–water partition coefficient (Wildman–Crippen LogP) is 2.58. The van der Waals surface area contributed by atoms with Crippen molar-refractivity contribution in [2.75, 3.05) is 43.8 Å². The molecule has 0 aromatic heterocycles. The van der Waals surface area contributed by atoms with Crippen LogP contribution in [0.1, 0.15) is 5.56 Å². The number of nitrogens with two attached hydrogens (primary N) is 1. The smallest absolute Gasteiger partial charge is 0.238 e. The van der Waals surface area contributed by atoms with Crippen molar-refractivity contribution in [3.63, 3.8) is 0 Å². The molecule has 3 N–H and O–H groups in total. The third-order valence-electron chi connectivity index (χ3n) is 4.56. The molecule has 1 saturated heterocycles. The standard InChI is InChI=1S/C20H23FN4O2.2ClH/c21-16-3-7-18(8-4-16)23-19(26)14-24-9-11-25(12-10-24)20(27)13-15-1-5-17(22)6-2-15;;/h1-8H,9-14,22H2,(H,23,26);2*1H. The number of nitrogens with zero attached hydrogens (tertiary/aromatic N) is 2. The fraction of sp³-hybridized carbons (Fsp3) is 0.300. The van der Waals surface area contributed by atoms with Gasteiger partial charge in [-0.3, -0.25) is 14.5 Å². The minimum Gasteiger partial charge on any atom is -0.399 e. The first kappa shape index (κ1) is 24.7. The maximum atomic E-state index is 12.9. The van der Waals surface area contributed by atoms with Crippen LogP contribution >= 0.6 is 24.8 Å². The second-order valence-corrected chi connectivity index (χ2v) is 6.63. The predicted molar refractivity (Wildman–Crippen MR) is 117 cm³/mol. The number of carbonyl (C=O) groups excluding carboxylic acids is 2. The molecule has 0 spiro atoms. The fourth-order valence-corrected chi connectivity index (χ4v) is 3.01. The van der Waals surface area contributed by atoms with Crippen LogP contribution < -0.4 is 11.1 Å². The number of halogens is 3. The van der Waals surface area contributed by atoms with Crippen molar-refractivity contribution in [1.82, 2.24) is 9.80 Å². The van der Waals surface area contributed by atoms with Gasteiger partial charge in [0, 0.05) is 37.6 Å². The summed E-state index contributed by atoms with van der Waals surface area (Å²) >= 11 is 0. The number of anilines is 2. The number of hydrogen-bond donors (Lipinski definition) is 2. The van der Waals surface area contributed by atoms with Crippen molar-refractivity contribution in [2.24, 2.45) is 0 Å². The molecule has 0 atom stereocenters. The average Bonchev–Trinajstić information content (AvgIpc) is 2.66. The summed E-state index contributed by atoms with van der Waals surface area (Å²) in [7, 11) is 0. The summed E-state index contributed by atoms with van der Waals surface area (Å²) in [6.07, 6.45) is 0.353. The second-order valence-electron chi connectivity index (χ2n) is 6.63. The Labute approximate surface area is 182 Å². The zero-order chi connectivity index (χ0) is 19.2. The topological polar surface area (TPSA) is 78.7 Å². The van der Waals surface area contributed by atoms with Gasteiger partial charge in [0.15, 0.2) is 0 Å². The number of rotatable bonds is 5. The molecule has 2 aromatic carbocycles. The summed E-state index contributed by atoms with van der Waals surface area (Å²) in [4.78, 5) is 28.4. The van der Waals surface area contributed by atoms with Crippen LogP contribution in [0, 0.1) is 5.82 Å². The van der Waals surface area contributed by atoms with Gasteiger partial charge in [-0.25, -0.2) is 4.39 Å². The van der Waals surface area contributed by atoms with Crippen LogP contribution in [0.5, 0.6) is 0 Å². The lowest BCUT2D eigenvalue weighted by molar-refractivity contribution is -0.132. The van der Waals surface area contributed by atoms with E-state index in [0.717, 1.165) is 5.56 Å². The van der Waals surface area contributed by atoms with E-state index in [-0.39, 0.29) is 49.0 Å². The zero-order valence-corrected chi connectivity index (χ0v) is 17.5. The SMILES string of the molecule is Cl.Cl.Nc1ccc(CC(=O)N2CCN(CC(=O)Nc3ccc(F)cc3)CC2)cc1. The molecule has 1 fully saturated rings. The molecule has 2 amide bonds. The third-order valence-corrected chi connectivity index (χ3v) is 4.56. The van der Waals surface area contributed by atoms with Crippen LogP contribution in [-0.4, -0.2) is 54.3 Å². The first-order chi connectivity index (χ1) is 13.0. The number of hydrogen-bond acceptors (Lipinski definition) is 4. The van der Waals surface area contributed by atoms with Crippen molar-refractivity contribution in [3.05, 3.63) is 59.9 Å². The molecule has 158 valence electrons. The van der Waals surface area contributed by atoms with E-state index in [1.165, 1.54) is 24.3 Å². The molecule has 2 aromatic rings. The molecule has 0 saturated carbocycles. The van der Waals surface area contributed by atoms with Crippen LogP contribution in [0.4, 0.5) is 15.8 Å². The van der Waals surface area contributed by atoms with Crippen molar-refractivity contribution in [3.8, 4) is 0 Å². The van der Waals surface area contributed by atoms with Crippen molar-refractivity contribution in [2.45, 2.75) is 6.42 Å². The van der Waals surface area contributed by atoms with Gasteiger partial charge in [-0.2, -0.15) is 0 Å². The molecule has 29 heavy (non-hydrogen) atoms. The summed E-state index contributed by atoms with van der Waals surface area (Å²) in [5.74, 6) is -0.411. The highest BCUT2D eigenvalue weighted by Gasteiger charge is 2.22. The van der Waals surface area contributed by atoms with Crippen LogP contribution in [0.2, 0.25) is 0 Å². The van der Waals surface area contributed by atoms with Crippen molar-refractivity contribution in [1.29, 1.82) is 0 Å². The van der Waals surface area contributed by atoms with Gasteiger partial charge in [0.05, 0.1) is 13.0 Å². The Morgan fingerprint density at radius 2 is 1.52 bits per heavy atom. The summed E-state index contributed by atoms with van der Waals surface area (Å²) in [5, 5.41) is 2.75. The molecule has 0 aliphatic carbocycles. The maximum absolute atomic E-state index is 12.9. The van der Waals surface area contributed by atoms with Gasteiger partial charge in [-0.05, 0) is 42.0 Å². The van der Waals surface area contributed by atoms with E-state index in [1.807, 2.05) is 21.9 Å². The van der Waals surface area contributed by atoms with Crippen LogP contribution in [0.15, 0.2) is 48.5 Å². The fourth-order valence-electron chi connectivity index (χ4n) is 3.01.